The molecule has 0 N–H and O–H groups in total. The fourth-order valence-electron chi connectivity index (χ4n) is 3.08. The summed E-state index contributed by atoms with van der Waals surface area (Å²) in [5, 5.41) is 28.5. The smallest absolute Gasteiger partial charge is 0.358 e. The summed E-state index contributed by atoms with van der Waals surface area (Å²) in [6.07, 6.45) is 0. The van der Waals surface area contributed by atoms with Gasteiger partial charge in [0.15, 0.2) is 0 Å². The second-order valence-corrected chi connectivity index (χ2v) is 6.15. The fourth-order valence-corrected chi connectivity index (χ4v) is 3.08. The van der Waals surface area contributed by atoms with Crippen molar-refractivity contribution in [2.24, 2.45) is 5.10 Å². The Balaban J connectivity index is 1.89. The Morgan fingerprint density at radius 3 is 2.25 bits per heavy atom. The molecule has 1 aromatic heterocycles. The summed E-state index contributed by atoms with van der Waals surface area (Å²) in [7, 11) is 0. The van der Waals surface area contributed by atoms with E-state index in [1.165, 1.54) is 29.3 Å². The third-order valence-electron chi connectivity index (χ3n) is 4.43. The largest absolute Gasteiger partial charge is 0.409 e. The Labute approximate surface area is 158 Å². The number of imidazole rings is 1. The topological polar surface area (TPSA) is 120 Å². The Morgan fingerprint density at radius 1 is 0.964 bits per heavy atom. The quantitative estimate of drug-likeness (QED) is 0.506. The van der Waals surface area contributed by atoms with Gasteiger partial charge in [-0.15, -0.1) is 0 Å². The Morgan fingerprint density at radius 2 is 1.64 bits per heavy atom. The molecule has 0 saturated carbocycles. The molecule has 0 unspecified atom stereocenters. The van der Waals surface area contributed by atoms with Gasteiger partial charge < -0.3 is 10.1 Å². The Bertz CT molecular complexity index is 1110. The number of non-ortho nitro benzene ring substituents is 1. The number of hydrogen-bond donors (Lipinski definition) is 0. The van der Waals surface area contributed by atoms with E-state index in [0.29, 0.717) is 23.8 Å². The molecular weight excluding hydrogens is 364 g/mol. The number of aryl methyl sites for hydroxylation is 1. The van der Waals surface area contributed by atoms with Gasteiger partial charge in [-0.1, -0.05) is 30.3 Å². The van der Waals surface area contributed by atoms with Crippen molar-refractivity contribution in [1.29, 1.82) is 0 Å². The second kappa shape index (κ2) is 6.58. The molecule has 28 heavy (non-hydrogen) atoms. The summed E-state index contributed by atoms with van der Waals surface area (Å²) in [6, 6.07) is 15.1. The van der Waals surface area contributed by atoms with Gasteiger partial charge in [-0.3, -0.25) is 14.7 Å². The predicted molar refractivity (Wildman–Crippen MR) is 102 cm³/mol. The van der Waals surface area contributed by atoms with Crippen LogP contribution in [0, 0.1) is 27.2 Å². The molecule has 0 amide bonds. The Kier molecular flexibility index (Phi) is 4.07. The van der Waals surface area contributed by atoms with Crippen molar-refractivity contribution in [3.8, 4) is 0 Å². The van der Waals surface area contributed by atoms with Gasteiger partial charge in [-0.05, 0) is 27.6 Å². The highest BCUT2D eigenvalue weighted by Crippen LogP contribution is 2.38. The molecule has 0 fully saturated rings. The van der Waals surface area contributed by atoms with Gasteiger partial charge in [0.05, 0.1) is 22.9 Å². The van der Waals surface area contributed by atoms with E-state index in [0.717, 1.165) is 5.56 Å². The van der Waals surface area contributed by atoms with E-state index in [-0.39, 0.29) is 17.3 Å². The van der Waals surface area contributed by atoms with Crippen molar-refractivity contribution >= 4 is 28.7 Å². The van der Waals surface area contributed by atoms with Crippen LogP contribution in [-0.2, 0) is 6.54 Å². The van der Waals surface area contributed by atoms with Crippen molar-refractivity contribution in [2.45, 2.75) is 13.5 Å². The number of aromatic nitrogens is 2. The first-order valence-corrected chi connectivity index (χ1v) is 8.34. The van der Waals surface area contributed by atoms with E-state index in [1.807, 2.05) is 30.3 Å². The SMILES string of the molecule is Cc1nc([N+](=O)[O-])c2n1CC(c1ccccc1)=NN2c1ccc([N+](=O)[O-])cc1. The minimum Gasteiger partial charge on any atom is -0.358 e. The number of benzene rings is 2. The van der Waals surface area contributed by atoms with Crippen LogP contribution in [0.5, 0.6) is 0 Å². The molecule has 1 aliphatic rings. The van der Waals surface area contributed by atoms with Crippen LogP contribution in [0.1, 0.15) is 11.4 Å². The molecule has 2 heterocycles. The minimum atomic E-state index is -0.555. The minimum absolute atomic E-state index is 0.0767. The number of nitro groups is 2. The number of hydrazone groups is 1. The van der Waals surface area contributed by atoms with Crippen molar-refractivity contribution in [3.63, 3.8) is 0 Å². The number of rotatable bonds is 4. The van der Waals surface area contributed by atoms with Gasteiger partial charge in [0.25, 0.3) is 5.69 Å². The molecule has 0 atom stereocenters. The summed E-state index contributed by atoms with van der Waals surface area (Å²) >= 11 is 0. The van der Waals surface area contributed by atoms with Crippen LogP contribution in [0.25, 0.3) is 0 Å². The highest BCUT2D eigenvalue weighted by Gasteiger charge is 2.34. The first kappa shape index (κ1) is 17.3. The number of nitro benzene ring substituents is 1. The lowest BCUT2D eigenvalue weighted by Gasteiger charge is -2.26. The maximum Gasteiger partial charge on any atom is 0.409 e. The van der Waals surface area contributed by atoms with Crippen molar-refractivity contribution in [2.75, 3.05) is 5.01 Å². The zero-order valence-electron chi connectivity index (χ0n) is 14.7. The summed E-state index contributed by atoms with van der Waals surface area (Å²) < 4.78 is 1.72. The molecule has 1 aliphatic heterocycles. The number of anilines is 2. The first-order valence-electron chi connectivity index (χ1n) is 8.34. The monoisotopic (exact) mass is 378 g/mol. The average Bonchev–Trinajstić information content (AvgIpc) is 3.05. The molecule has 0 bridgehead atoms. The highest BCUT2D eigenvalue weighted by atomic mass is 16.6. The number of hydrogen-bond acceptors (Lipinski definition) is 7. The van der Waals surface area contributed by atoms with Crippen molar-refractivity contribution < 1.29 is 9.85 Å². The van der Waals surface area contributed by atoms with E-state index >= 15 is 0 Å². The zero-order chi connectivity index (χ0) is 19.8. The van der Waals surface area contributed by atoms with Gasteiger partial charge in [0.1, 0.15) is 0 Å². The van der Waals surface area contributed by atoms with Crippen LogP contribution < -0.4 is 5.01 Å². The maximum absolute atomic E-state index is 11.5. The highest BCUT2D eigenvalue weighted by molar-refractivity contribution is 6.02. The molecule has 140 valence electrons. The molecule has 4 rings (SSSR count). The van der Waals surface area contributed by atoms with Crippen LogP contribution in [0.15, 0.2) is 59.7 Å². The van der Waals surface area contributed by atoms with E-state index in [2.05, 4.69) is 10.1 Å². The molecule has 10 heteroatoms. The predicted octanol–water partition coefficient (Wildman–Crippen LogP) is 3.56. The van der Waals surface area contributed by atoms with Crippen molar-refractivity contribution in [3.05, 3.63) is 86.2 Å². The molecule has 10 nitrogen and oxygen atoms in total. The fraction of sp³-hybridized carbons (Fsp3) is 0.111. The van der Waals surface area contributed by atoms with E-state index < -0.39 is 9.85 Å². The zero-order valence-corrected chi connectivity index (χ0v) is 14.7. The normalized spacial score (nSPS) is 13.0. The third kappa shape index (κ3) is 2.86. The van der Waals surface area contributed by atoms with Gasteiger partial charge in [-0.2, -0.15) is 5.10 Å². The molecule has 3 aromatic rings. The first-order chi connectivity index (χ1) is 13.5. The van der Waals surface area contributed by atoms with Gasteiger partial charge in [-0.25, -0.2) is 5.01 Å². The molecular formula is C18H14N6O4. The summed E-state index contributed by atoms with van der Waals surface area (Å²) in [5.41, 5.74) is 1.95. The molecule has 0 saturated heterocycles. The van der Waals surface area contributed by atoms with Crippen LogP contribution in [0.4, 0.5) is 23.0 Å². The number of fused-ring (bicyclic) bond motifs is 1. The number of nitrogens with zero attached hydrogens (tertiary/aromatic N) is 6. The van der Waals surface area contributed by atoms with Gasteiger partial charge >= 0.3 is 5.82 Å². The molecule has 2 aromatic carbocycles. The van der Waals surface area contributed by atoms with E-state index in [1.54, 1.807) is 11.5 Å². The maximum atomic E-state index is 11.5. The summed E-state index contributed by atoms with van der Waals surface area (Å²) in [6.45, 7) is 2.02. The van der Waals surface area contributed by atoms with Crippen molar-refractivity contribution in [1.82, 2.24) is 9.55 Å². The standard InChI is InChI=1S/C18H14N6O4/c1-12-19-17(24(27)28)18-21(12)11-16(13-5-3-2-4-6-13)20-22(18)14-7-9-15(10-8-14)23(25)26/h2-10H,11H2,1H3. The summed E-state index contributed by atoms with van der Waals surface area (Å²) in [5.74, 6) is 0.389. The third-order valence-corrected chi connectivity index (χ3v) is 4.43. The van der Waals surface area contributed by atoms with Crippen LogP contribution in [0.2, 0.25) is 0 Å². The molecule has 0 aliphatic carbocycles. The average molecular weight is 378 g/mol. The van der Waals surface area contributed by atoms with E-state index in [4.69, 9.17) is 0 Å². The summed E-state index contributed by atoms with van der Waals surface area (Å²) in [4.78, 5) is 25.5. The van der Waals surface area contributed by atoms with Crippen LogP contribution in [0.3, 0.4) is 0 Å². The lowest BCUT2D eigenvalue weighted by atomic mass is 10.1. The molecule has 0 radical (unpaired) electrons. The molecule has 0 spiro atoms. The lowest BCUT2D eigenvalue weighted by molar-refractivity contribution is -0.388. The van der Waals surface area contributed by atoms with Crippen LogP contribution >= 0.6 is 0 Å². The van der Waals surface area contributed by atoms with Gasteiger partial charge in [0, 0.05) is 19.1 Å². The van der Waals surface area contributed by atoms with Crippen LogP contribution in [-0.4, -0.2) is 25.1 Å². The lowest BCUT2D eigenvalue weighted by Crippen LogP contribution is -2.27. The Hall–Kier alpha value is -4.08. The second-order valence-electron chi connectivity index (χ2n) is 6.15. The van der Waals surface area contributed by atoms with E-state index in [9.17, 15) is 20.2 Å². The van der Waals surface area contributed by atoms with Gasteiger partial charge in [0.2, 0.25) is 11.6 Å².